The highest BCUT2D eigenvalue weighted by molar-refractivity contribution is 6.02. The fraction of sp³-hybridized carbons (Fsp3) is 0.310. The van der Waals surface area contributed by atoms with Crippen LogP contribution in [0.2, 0.25) is 0 Å². The van der Waals surface area contributed by atoms with Gasteiger partial charge in [-0.3, -0.25) is 19.7 Å². The number of hydrogen-bond acceptors (Lipinski definition) is 7. The number of benzene rings is 3. The number of nitro groups is 1. The number of carbonyl (C=O) groups is 2. The number of methoxy groups -OCH3 is 2. The molecule has 2 atom stereocenters. The number of ether oxygens (including phenoxy) is 2. The van der Waals surface area contributed by atoms with E-state index in [0.29, 0.717) is 48.8 Å². The molecule has 0 aromatic heterocycles. The summed E-state index contributed by atoms with van der Waals surface area (Å²) in [6.45, 7) is 1.79. The molecule has 0 bridgehead atoms. The lowest BCUT2D eigenvalue weighted by Crippen LogP contribution is -2.53. The number of anilines is 1. The first-order valence-electron chi connectivity index (χ1n) is 12.8. The van der Waals surface area contributed by atoms with Crippen molar-refractivity contribution in [2.75, 3.05) is 52.3 Å². The summed E-state index contributed by atoms with van der Waals surface area (Å²) >= 11 is 0. The van der Waals surface area contributed by atoms with E-state index in [1.54, 1.807) is 54.4 Å². The molecule has 0 N–H and O–H groups in total. The minimum atomic E-state index is -0.889. The van der Waals surface area contributed by atoms with Gasteiger partial charge in [0.2, 0.25) is 5.91 Å². The first kappa shape index (κ1) is 26.9. The minimum Gasteiger partial charge on any atom is -0.493 e. The molecule has 1 saturated heterocycles. The molecular formula is C29H29FN4O6. The van der Waals surface area contributed by atoms with Crippen molar-refractivity contribution in [3.05, 3.63) is 93.3 Å². The molecule has 2 aliphatic rings. The lowest BCUT2D eigenvalue weighted by atomic mass is 9.78. The maximum atomic E-state index is 15.2. The SMILES string of the molecule is COc1cc2c(cc1OC)C(C(=O)N1CCN(c3ccc([N+](=O)[O-])cc3)CC1)C(c1ccccc1F)N(C)C2=O. The van der Waals surface area contributed by atoms with Crippen LogP contribution < -0.4 is 14.4 Å². The van der Waals surface area contributed by atoms with Crippen LogP contribution in [0.25, 0.3) is 0 Å². The Morgan fingerprint density at radius 1 is 0.950 bits per heavy atom. The number of nitrogens with zero attached hydrogens (tertiary/aromatic N) is 4. The third-order valence-electron chi connectivity index (χ3n) is 7.68. The molecule has 0 spiro atoms. The number of halogens is 1. The van der Waals surface area contributed by atoms with Crippen LogP contribution in [0.15, 0.2) is 60.7 Å². The quantitative estimate of drug-likeness (QED) is 0.339. The first-order valence-corrected chi connectivity index (χ1v) is 12.8. The lowest BCUT2D eigenvalue weighted by molar-refractivity contribution is -0.384. The van der Waals surface area contributed by atoms with Gasteiger partial charge in [-0.05, 0) is 35.9 Å². The fourth-order valence-corrected chi connectivity index (χ4v) is 5.59. The first-order chi connectivity index (χ1) is 19.2. The number of rotatable bonds is 6. The number of non-ortho nitro benzene ring substituents is 1. The van der Waals surface area contributed by atoms with E-state index in [1.165, 1.54) is 37.3 Å². The molecule has 5 rings (SSSR count). The molecule has 1 fully saturated rings. The predicted molar refractivity (Wildman–Crippen MR) is 145 cm³/mol. The van der Waals surface area contributed by atoms with Gasteiger partial charge in [-0.1, -0.05) is 18.2 Å². The predicted octanol–water partition coefficient (Wildman–Crippen LogP) is 4.01. The van der Waals surface area contributed by atoms with Crippen molar-refractivity contribution < 1.29 is 28.4 Å². The molecule has 10 nitrogen and oxygen atoms in total. The summed E-state index contributed by atoms with van der Waals surface area (Å²) in [6, 6.07) is 14.8. The Morgan fingerprint density at radius 3 is 2.17 bits per heavy atom. The Kier molecular flexibility index (Phi) is 7.29. The zero-order valence-corrected chi connectivity index (χ0v) is 22.4. The maximum absolute atomic E-state index is 15.2. The highest BCUT2D eigenvalue weighted by Crippen LogP contribution is 2.47. The van der Waals surface area contributed by atoms with E-state index in [9.17, 15) is 19.7 Å². The van der Waals surface area contributed by atoms with Gasteiger partial charge < -0.3 is 24.2 Å². The third kappa shape index (κ3) is 4.67. The molecule has 208 valence electrons. The molecule has 11 heteroatoms. The van der Waals surface area contributed by atoms with E-state index < -0.39 is 22.7 Å². The molecule has 2 heterocycles. The van der Waals surface area contributed by atoms with E-state index in [-0.39, 0.29) is 23.1 Å². The van der Waals surface area contributed by atoms with Gasteiger partial charge in [0.15, 0.2) is 11.5 Å². The average Bonchev–Trinajstić information content (AvgIpc) is 2.98. The number of amides is 2. The zero-order valence-electron chi connectivity index (χ0n) is 22.4. The van der Waals surface area contributed by atoms with E-state index in [4.69, 9.17) is 9.47 Å². The van der Waals surface area contributed by atoms with Crippen molar-refractivity contribution >= 4 is 23.2 Å². The smallest absolute Gasteiger partial charge is 0.269 e. The van der Waals surface area contributed by atoms with Gasteiger partial charge in [-0.15, -0.1) is 0 Å². The van der Waals surface area contributed by atoms with Crippen molar-refractivity contribution in [1.82, 2.24) is 9.80 Å². The zero-order chi connectivity index (χ0) is 28.6. The molecule has 3 aromatic rings. The molecule has 3 aromatic carbocycles. The summed E-state index contributed by atoms with van der Waals surface area (Å²) in [7, 11) is 4.52. The second-order valence-corrected chi connectivity index (χ2v) is 9.74. The van der Waals surface area contributed by atoms with E-state index in [0.717, 1.165) is 5.69 Å². The minimum absolute atomic E-state index is 0.0124. The summed E-state index contributed by atoms with van der Waals surface area (Å²) in [4.78, 5) is 43.6. The van der Waals surface area contributed by atoms with E-state index in [2.05, 4.69) is 4.90 Å². The molecule has 0 radical (unpaired) electrons. The number of nitro benzene ring substituents is 1. The Labute approximate surface area is 230 Å². The van der Waals surface area contributed by atoms with Crippen LogP contribution in [0.1, 0.15) is 33.4 Å². The lowest BCUT2D eigenvalue weighted by Gasteiger charge is -2.43. The number of hydrogen-bond donors (Lipinski definition) is 0. The van der Waals surface area contributed by atoms with Crippen LogP contribution in [0, 0.1) is 15.9 Å². The van der Waals surface area contributed by atoms with Crippen molar-refractivity contribution in [2.24, 2.45) is 0 Å². The maximum Gasteiger partial charge on any atom is 0.269 e. The van der Waals surface area contributed by atoms with Crippen molar-refractivity contribution in [3.8, 4) is 11.5 Å². The van der Waals surface area contributed by atoms with Gasteiger partial charge >= 0.3 is 0 Å². The summed E-state index contributed by atoms with van der Waals surface area (Å²) in [5.74, 6) is -1.25. The molecule has 2 unspecified atom stereocenters. The summed E-state index contributed by atoms with van der Waals surface area (Å²) in [5.41, 5.74) is 1.85. The Bertz CT molecular complexity index is 1460. The van der Waals surface area contributed by atoms with Gasteiger partial charge in [0.25, 0.3) is 11.6 Å². The second-order valence-electron chi connectivity index (χ2n) is 9.74. The number of carbonyl (C=O) groups excluding carboxylic acids is 2. The molecule has 2 aliphatic heterocycles. The highest BCUT2D eigenvalue weighted by Gasteiger charge is 2.46. The van der Waals surface area contributed by atoms with Crippen LogP contribution in [-0.4, -0.2) is 74.0 Å². The van der Waals surface area contributed by atoms with E-state index in [1.807, 2.05) is 0 Å². The topological polar surface area (TPSA) is 105 Å². The van der Waals surface area contributed by atoms with Crippen molar-refractivity contribution in [2.45, 2.75) is 12.0 Å². The van der Waals surface area contributed by atoms with Gasteiger partial charge in [-0.2, -0.15) is 0 Å². The monoisotopic (exact) mass is 548 g/mol. The van der Waals surface area contributed by atoms with Crippen molar-refractivity contribution in [1.29, 1.82) is 0 Å². The Morgan fingerprint density at radius 2 is 1.57 bits per heavy atom. The number of likely N-dealkylation sites (N-methyl/N-ethyl adjacent to an activating group) is 1. The second kappa shape index (κ2) is 10.8. The third-order valence-corrected chi connectivity index (χ3v) is 7.68. The highest BCUT2D eigenvalue weighted by atomic mass is 19.1. The summed E-state index contributed by atoms with van der Waals surface area (Å²) in [6.07, 6.45) is 0. The van der Waals surface area contributed by atoms with Gasteiger partial charge in [0, 0.05) is 62.2 Å². The van der Waals surface area contributed by atoms with E-state index >= 15 is 4.39 Å². The van der Waals surface area contributed by atoms with Crippen molar-refractivity contribution in [3.63, 3.8) is 0 Å². The molecule has 0 aliphatic carbocycles. The number of fused-ring (bicyclic) bond motifs is 1. The standard InChI is InChI=1S/C29H29FN4O6/c1-31-27(20-6-4-5-7-23(20)30)26(21-16-24(39-2)25(40-3)17-22(21)28(31)35)29(36)33-14-12-32(13-15-33)18-8-10-19(11-9-18)34(37)38/h4-11,16-17,26-27H,12-15H2,1-3H3. The van der Waals surface area contributed by atoms with Gasteiger partial charge in [0.1, 0.15) is 5.82 Å². The van der Waals surface area contributed by atoms with Crippen LogP contribution in [-0.2, 0) is 4.79 Å². The normalized spacial score (nSPS) is 18.8. The Hall–Kier alpha value is -4.67. The fourth-order valence-electron chi connectivity index (χ4n) is 5.59. The molecule has 40 heavy (non-hydrogen) atoms. The van der Waals surface area contributed by atoms with Crippen LogP contribution in [0.5, 0.6) is 11.5 Å². The van der Waals surface area contributed by atoms with Crippen LogP contribution in [0.3, 0.4) is 0 Å². The molecule has 0 saturated carbocycles. The van der Waals surface area contributed by atoms with Crippen LogP contribution >= 0.6 is 0 Å². The molecular weight excluding hydrogens is 519 g/mol. The average molecular weight is 549 g/mol. The number of piperazine rings is 1. The van der Waals surface area contributed by atoms with Gasteiger partial charge in [0.05, 0.1) is 31.1 Å². The Balaban J connectivity index is 1.50. The van der Waals surface area contributed by atoms with Gasteiger partial charge in [-0.25, -0.2) is 4.39 Å². The molecule has 2 amide bonds. The summed E-state index contributed by atoms with van der Waals surface area (Å²) in [5, 5.41) is 11.0. The van der Waals surface area contributed by atoms with Crippen LogP contribution in [0.4, 0.5) is 15.8 Å². The largest absolute Gasteiger partial charge is 0.493 e. The summed E-state index contributed by atoms with van der Waals surface area (Å²) < 4.78 is 26.1.